The van der Waals surface area contributed by atoms with Gasteiger partial charge in [0.2, 0.25) is 0 Å². The van der Waals surface area contributed by atoms with Crippen molar-refractivity contribution in [3.63, 3.8) is 0 Å². The molecule has 0 unspecified atom stereocenters. The molecule has 2 aromatic heterocycles. The predicted molar refractivity (Wildman–Crippen MR) is 67.3 cm³/mol. The maximum absolute atomic E-state index is 6.03. The molecule has 0 atom stereocenters. The lowest BCUT2D eigenvalue weighted by molar-refractivity contribution is 1.20. The largest absolute Gasteiger partial charge is 0.259 e. The molecule has 0 bridgehead atoms. The number of pyridine rings is 1. The van der Waals surface area contributed by atoms with Crippen LogP contribution in [0.5, 0.6) is 0 Å². The molecule has 0 amide bonds. The maximum atomic E-state index is 6.03. The van der Waals surface area contributed by atoms with E-state index in [0.29, 0.717) is 13.7 Å². The highest BCUT2D eigenvalue weighted by Gasteiger charge is 2.09. The molecule has 0 spiro atoms. The van der Waals surface area contributed by atoms with E-state index in [-0.39, 0.29) is 0 Å². The van der Waals surface area contributed by atoms with Crippen LogP contribution in [0.3, 0.4) is 0 Å². The van der Waals surface area contributed by atoms with Gasteiger partial charge < -0.3 is 0 Å². The molecule has 0 aliphatic rings. The molecule has 2 heterocycles. The molecule has 5 heteroatoms. The molecule has 0 saturated heterocycles. The second-order valence-electron chi connectivity index (χ2n) is 3.03. The van der Waals surface area contributed by atoms with E-state index in [2.05, 4.69) is 4.98 Å². The van der Waals surface area contributed by atoms with Crippen LogP contribution in [0.2, 0.25) is 13.7 Å². The number of thiophene rings is 1. The van der Waals surface area contributed by atoms with E-state index < -0.39 is 0 Å². The lowest BCUT2D eigenvalue weighted by atomic mass is 10.1. The third-order valence-corrected chi connectivity index (χ3v) is 3.86. The summed E-state index contributed by atoms with van der Waals surface area (Å²) in [6.07, 6.45) is 1.74. The van der Waals surface area contributed by atoms with Gasteiger partial charge in [0.1, 0.15) is 4.34 Å². The number of aromatic nitrogens is 1. The predicted octanol–water partition coefficient (Wildman–Crippen LogP) is 5.08. The highest BCUT2D eigenvalue weighted by Crippen LogP contribution is 2.38. The normalized spacial score (nSPS) is 10.7. The number of hydrogen-bond acceptors (Lipinski definition) is 2. The number of aryl methyl sites for hydroxylation is 1. The molecule has 0 aliphatic heterocycles. The van der Waals surface area contributed by atoms with Gasteiger partial charge in [0.15, 0.2) is 0 Å². The lowest BCUT2D eigenvalue weighted by Gasteiger charge is -2.01. The molecule has 2 rings (SSSR count). The van der Waals surface area contributed by atoms with E-state index in [1.165, 1.54) is 11.3 Å². The van der Waals surface area contributed by atoms with Gasteiger partial charge in [-0.2, -0.15) is 0 Å². The van der Waals surface area contributed by atoms with Crippen molar-refractivity contribution in [3.8, 4) is 11.1 Å². The fourth-order valence-corrected chi connectivity index (χ4v) is 2.86. The molecule has 0 saturated carbocycles. The van der Waals surface area contributed by atoms with Crippen molar-refractivity contribution < 1.29 is 0 Å². The van der Waals surface area contributed by atoms with Crippen LogP contribution in [-0.4, -0.2) is 4.98 Å². The van der Waals surface area contributed by atoms with Gasteiger partial charge in [0, 0.05) is 17.3 Å². The summed E-state index contributed by atoms with van der Waals surface area (Å²) in [4.78, 5) is 4.18. The maximum Gasteiger partial charge on any atom is 0.102 e. The van der Waals surface area contributed by atoms with Crippen LogP contribution < -0.4 is 0 Å². The van der Waals surface area contributed by atoms with Crippen LogP contribution in [-0.2, 0) is 0 Å². The second-order valence-corrected chi connectivity index (χ2v) is 5.72. The minimum atomic E-state index is 0.630. The Morgan fingerprint density at radius 2 is 1.93 bits per heavy atom. The molecule has 78 valence electrons. The first-order valence-corrected chi connectivity index (χ1v) is 6.10. The van der Waals surface area contributed by atoms with E-state index in [0.717, 1.165) is 16.8 Å². The topological polar surface area (TPSA) is 12.9 Å². The van der Waals surface area contributed by atoms with Crippen LogP contribution in [0.25, 0.3) is 11.1 Å². The summed E-state index contributed by atoms with van der Waals surface area (Å²) in [5.41, 5.74) is 2.57. The van der Waals surface area contributed by atoms with Crippen molar-refractivity contribution in [3.05, 3.63) is 37.7 Å². The number of halogens is 3. The Bertz CT molecular complexity index is 507. The first kappa shape index (κ1) is 11.2. The zero-order valence-corrected chi connectivity index (χ0v) is 10.8. The first-order valence-electron chi connectivity index (χ1n) is 4.15. The average Bonchev–Trinajstić information content (AvgIpc) is 2.50. The molecule has 0 aromatic carbocycles. The lowest BCUT2D eigenvalue weighted by Crippen LogP contribution is -1.84. The molecule has 0 radical (unpaired) electrons. The first-order chi connectivity index (χ1) is 7.08. The molecule has 0 fully saturated rings. The zero-order chi connectivity index (χ0) is 11.0. The molecule has 15 heavy (non-hydrogen) atoms. The van der Waals surface area contributed by atoms with Gasteiger partial charge in [0.05, 0.1) is 15.1 Å². The summed E-state index contributed by atoms with van der Waals surface area (Å²) in [6, 6.07) is 3.66. The Labute approximate surface area is 107 Å². The van der Waals surface area contributed by atoms with Gasteiger partial charge in [-0.1, -0.05) is 34.8 Å². The van der Waals surface area contributed by atoms with Crippen molar-refractivity contribution in [1.82, 2.24) is 4.98 Å². The van der Waals surface area contributed by atoms with Gasteiger partial charge in [-0.15, -0.1) is 11.3 Å². The minimum absolute atomic E-state index is 0.630. The number of hydrogen-bond donors (Lipinski definition) is 0. The van der Waals surface area contributed by atoms with E-state index in [1.54, 1.807) is 6.20 Å². The molecule has 2 aromatic rings. The Morgan fingerprint density at radius 1 is 1.20 bits per heavy atom. The van der Waals surface area contributed by atoms with Gasteiger partial charge >= 0.3 is 0 Å². The summed E-state index contributed by atoms with van der Waals surface area (Å²) < 4.78 is 1.31. The zero-order valence-electron chi connectivity index (χ0n) is 7.72. The van der Waals surface area contributed by atoms with Crippen LogP contribution >= 0.6 is 46.1 Å². The summed E-state index contributed by atoms with van der Waals surface area (Å²) in [6.45, 7) is 1.86. The number of rotatable bonds is 1. The summed E-state index contributed by atoms with van der Waals surface area (Å²) >= 11 is 19.2. The average molecular weight is 279 g/mol. The Kier molecular flexibility index (Phi) is 3.21. The number of nitrogens with zero attached hydrogens (tertiary/aromatic N) is 1. The quantitative estimate of drug-likeness (QED) is 0.709. The fourth-order valence-electron chi connectivity index (χ4n) is 1.19. The van der Waals surface area contributed by atoms with Crippen LogP contribution in [0.15, 0.2) is 18.3 Å². The standard InChI is InChI=1S/C10H6Cl3NS/c1-5-8(11)2-6(4-14-5)7-3-9(12)15-10(7)13/h2-4H,1H3. The molecular weight excluding hydrogens is 273 g/mol. The summed E-state index contributed by atoms with van der Waals surface area (Å²) in [5, 5.41) is 0.630. The van der Waals surface area contributed by atoms with E-state index in [1.807, 2.05) is 19.1 Å². The minimum Gasteiger partial charge on any atom is -0.259 e. The van der Waals surface area contributed by atoms with Crippen LogP contribution in [0, 0.1) is 6.92 Å². The van der Waals surface area contributed by atoms with Crippen LogP contribution in [0.1, 0.15) is 5.69 Å². The van der Waals surface area contributed by atoms with E-state index >= 15 is 0 Å². The summed E-state index contributed by atoms with van der Waals surface area (Å²) in [5.74, 6) is 0. The Hall–Kier alpha value is -0.280. The van der Waals surface area contributed by atoms with Crippen molar-refractivity contribution in [2.24, 2.45) is 0 Å². The van der Waals surface area contributed by atoms with Gasteiger partial charge in [-0.25, -0.2) is 0 Å². The molecule has 1 nitrogen and oxygen atoms in total. The summed E-state index contributed by atoms with van der Waals surface area (Å²) in [7, 11) is 0. The molecular formula is C10H6Cl3NS. The van der Waals surface area contributed by atoms with Gasteiger partial charge in [0.25, 0.3) is 0 Å². The Balaban J connectivity index is 2.54. The van der Waals surface area contributed by atoms with Crippen molar-refractivity contribution in [2.45, 2.75) is 6.92 Å². The smallest absolute Gasteiger partial charge is 0.102 e. The SMILES string of the molecule is Cc1ncc(-c2cc(Cl)sc2Cl)cc1Cl. The van der Waals surface area contributed by atoms with E-state index in [4.69, 9.17) is 34.8 Å². The highest BCUT2D eigenvalue weighted by molar-refractivity contribution is 7.20. The van der Waals surface area contributed by atoms with Crippen molar-refractivity contribution in [1.29, 1.82) is 0 Å². The third kappa shape index (κ3) is 2.28. The highest BCUT2D eigenvalue weighted by atomic mass is 35.5. The monoisotopic (exact) mass is 277 g/mol. The third-order valence-electron chi connectivity index (χ3n) is 1.99. The molecule has 0 N–H and O–H groups in total. The second kappa shape index (κ2) is 4.30. The van der Waals surface area contributed by atoms with Gasteiger partial charge in [-0.05, 0) is 19.1 Å². The van der Waals surface area contributed by atoms with E-state index in [9.17, 15) is 0 Å². The fraction of sp³-hybridized carbons (Fsp3) is 0.100. The van der Waals surface area contributed by atoms with Gasteiger partial charge in [-0.3, -0.25) is 4.98 Å². The molecule has 0 aliphatic carbocycles. The van der Waals surface area contributed by atoms with Crippen molar-refractivity contribution >= 4 is 46.1 Å². The van der Waals surface area contributed by atoms with Crippen LogP contribution in [0.4, 0.5) is 0 Å². The van der Waals surface area contributed by atoms with Crippen molar-refractivity contribution in [2.75, 3.05) is 0 Å². The Morgan fingerprint density at radius 3 is 2.47 bits per heavy atom.